The molecule has 2 rings (SSSR count). The normalized spacial score (nSPS) is 29.2. The maximum Gasteiger partial charge on any atom is 0.0923 e. The summed E-state index contributed by atoms with van der Waals surface area (Å²) in [4.78, 5) is 0. The topological polar surface area (TPSA) is 61.7 Å². The molecule has 1 aliphatic heterocycles. The molecule has 4 nitrogen and oxygen atoms in total. The van der Waals surface area contributed by atoms with E-state index in [-0.39, 0.29) is 6.04 Å². The second kappa shape index (κ2) is 6.12. The summed E-state index contributed by atoms with van der Waals surface area (Å²) in [5.41, 5.74) is 1.14. The first-order chi connectivity index (χ1) is 8.25. The number of aliphatic hydroxyl groups is 2. The number of β-amino-alcohol motifs (C(OH)–C–C–N with tert-alkyl or cyclic N) is 1. The van der Waals surface area contributed by atoms with Crippen molar-refractivity contribution in [1.82, 2.24) is 5.32 Å². The lowest BCUT2D eigenvalue weighted by Gasteiger charge is -2.31. The van der Waals surface area contributed by atoms with Crippen LogP contribution < -0.4 is 5.32 Å². The predicted octanol–water partition coefficient (Wildman–Crippen LogP) is 0.287. The Balaban J connectivity index is 1.69. The van der Waals surface area contributed by atoms with Gasteiger partial charge in [0.25, 0.3) is 0 Å². The van der Waals surface area contributed by atoms with Crippen LogP contribution in [-0.2, 0) is 11.3 Å². The van der Waals surface area contributed by atoms with E-state index in [1.54, 1.807) is 0 Å². The molecule has 0 saturated carbocycles. The minimum absolute atomic E-state index is 0.122. The highest BCUT2D eigenvalue weighted by molar-refractivity contribution is 5.13. The van der Waals surface area contributed by atoms with E-state index in [2.05, 4.69) is 5.32 Å². The summed E-state index contributed by atoms with van der Waals surface area (Å²) in [6.07, 6.45) is -0.752. The number of rotatable bonds is 4. The summed E-state index contributed by atoms with van der Waals surface area (Å²) in [6.45, 7) is 1.57. The van der Waals surface area contributed by atoms with Gasteiger partial charge in [-0.25, -0.2) is 0 Å². The third-order valence-electron chi connectivity index (χ3n) is 3.02. The number of nitrogens with one attached hydrogen (secondary N) is 1. The van der Waals surface area contributed by atoms with Gasteiger partial charge in [-0.1, -0.05) is 30.3 Å². The summed E-state index contributed by atoms with van der Waals surface area (Å²) >= 11 is 0. The van der Waals surface area contributed by atoms with E-state index in [4.69, 9.17) is 4.74 Å². The van der Waals surface area contributed by atoms with Crippen LogP contribution in [0.25, 0.3) is 0 Å². The van der Waals surface area contributed by atoms with Crippen LogP contribution >= 0.6 is 0 Å². The molecular formula is C13H19NO3. The number of aliphatic hydroxyl groups excluding tert-OH is 2. The quantitative estimate of drug-likeness (QED) is 0.704. The molecule has 1 aromatic rings. The Morgan fingerprint density at radius 1 is 1.18 bits per heavy atom. The van der Waals surface area contributed by atoms with Crippen LogP contribution in [0.3, 0.4) is 0 Å². The van der Waals surface area contributed by atoms with Gasteiger partial charge in [0.2, 0.25) is 0 Å². The van der Waals surface area contributed by atoms with E-state index in [1.165, 1.54) is 0 Å². The van der Waals surface area contributed by atoms with E-state index < -0.39 is 12.2 Å². The Morgan fingerprint density at radius 2 is 1.94 bits per heavy atom. The van der Waals surface area contributed by atoms with Crippen LogP contribution in [0.4, 0.5) is 0 Å². The minimum Gasteiger partial charge on any atom is -0.390 e. The van der Waals surface area contributed by atoms with Crippen molar-refractivity contribution in [2.24, 2.45) is 0 Å². The van der Waals surface area contributed by atoms with Gasteiger partial charge < -0.3 is 20.3 Å². The SMILES string of the molecule is OC1CNC(COCc2ccccc2)CC1O. The highest BCUT2D eigenvalue weighted by Crippen LogP contribution is 2.10. The second-order valence-electron chi connectivity index (χ2n) is 4.48. The first-order valence-electron chi connectivity index (χ1n) is 5.97. The molecule has 0 aromatic heterocycles. The Labute approximate surface area is 101 Å². The lowest BCUT2D eigenvalue weighted by Crippen LogP contribution is -2.51. The Morgan fingerprint density at radius 3 is 2.65 bits per heavy atom. The van der Waals surface area contributed by atoms with Crippen LogP contribution in [0.2, 0.25) is 0 Å². The summed E-state index contributed by atoms with van der Waals surface area (Å²) in [5.74, 6) is 0. The van der Waals surface area contributed by atoms with Crippen LogP contribution in [0.15, 0.2) is 30.3 Å². The average Bonchev–Trinajstić information content (AvgIpc) is 2.35. The summed E-state index contributed by atoms with van der Waals surface area (Å²) in [6, 6.07) is 10.1. The number of ether oxygens (including phenoxy) is 1. The van der Waals surface area contributed by atoms with Crippen molar-refractivity contribution in [1.29, 1.82) is 0 Å². The van der Waals surface area contributed by atoms with Crippen molar-refractivity contribution in [3.63, 3.8) is 0 Å². The molecule has 1 saturated heterocycles. The van der Waals surface area contributed by atoms with E-state index >= 15 is 0 Å². The maximum atomic E-state index is 9.52. The zero-order valence-electron chi connectivity index (χ0n) is 9.75. The highest BCUT2D eigenvalue weighted by Gasteiger charge is 2.26. The van der Waals surface area contributed by atoms with Gasteiger partial charge in [-0.2, -0.15) is 0 Å². The molecule has 3 N–H and O–H groups in total. The fraction of sp³-hybridized carbons (Fsp3) is 0.538. The fourth-order valence-electron chi connectivity index (χ4n) is 1.98. The largest absolute Gasteiger partial charge is 0.390 e. The first-order valence-corrected chi connectivity index (χ1v) is 5.97. The Bertz CT molecular complexity index is 331. The Kier molecular flexibility index (Phi) is 4.50. The molecule has 1 aromatic carbocycles. The van der Waals surface area contributed by atoms with E-state index in [0.717, 1.165) is 5.56 Å². The third kappa shape index (κ3) is 3.78. The number of benzene rings is 1. The van der Waals surface area contributed by atoms with Crippen molar-refractivity contribution in [3.8, 4) is 0 Å². The molecule has 1 aliphatic rings. The highest BCUT2D eigenvalue weighted by atomic mass is 16.5. The van der Waals surface area contributed by atoms with Gasteiger partial charge in [0, 0.05) is 12.6 Å². The van der Waals surface area contributed by atoms with Gasteiger partial charge >= 0.3 is 0 Å². The zero-order valence-corrected chi connectivity index (χ0v) is 9.75. The number of piperidine rings is 1. The van der Waals surface area contributed by atoms with Gasteiger partial charge in [0.15, 0.2) is 0 Å². The van der Waals surface area contributed by atoms with E-state index in [0.29, 0.717) is 26.2 Å². The van der Waals surface area contributed by atoms with Crippen molar-refractivity contribution in [3.05, 3.63) is 35.9 Å². The van der Waals surface area contributed by atoms with Crippen molar-refractivity contribution >= 4 is 0 Å². The van der Waals surface area contributed by atoms with E-state index in [1.807, 2.05) is 30.3 Å². The smallest absolute Gasteiger partial charge is 0.0923 e. The van der Waals surface area contributed by atoms with Crippen LogP contribution in [-0.4, -0.2) is 41.6 Å². The van der Waals surface area contributed by atoms with Crippen molar-refractivity contribution in [2.75, 3.05) is 13.2 Å². The molecule has 17 heavy (non-hydrogen) atoms. The number of hydrogen-bond acceptors (Lipinski definition) is 4. The molecule has 0 radical (unpaired) electrons. The van der Waals surface area contributed by atoms with Gasteiger partial charge in [-0.05, 0) is 12.0 Å². The fourth-order valence-corrected chi connectivity index (χ4v) is 1.98. The Hall–Kier alpha value is -0.940. The minimum atomic E-state index is -0.652. The van der Waals surface area contributed by atoms with Crippen LogP contribution in [0.5, 0.6) is 0 Å². The van der Waals surface area contributed by atoms with Gasteiger partial charge in [-0.3, -0.25) is 0 Å². The van der Waals surface area contributed by atoms with E-state index in [9.17, 15) is 10.2 Å². The molecule has 3 unspecified atom stereocenters. The monoisotopic (exact) mass is 237 g/mol. The molecule has 4 heteroatoms. The summed E-state index contributed by atoms with van der Waals surface area (Å²) in [5, 5.41) is 22.0. The molecule has 3 atom stereocenters. The molecule has 1 heterocycles. The van der Waals surface area contributed by atoms with Gasteiger partial charge in [-0.15, -0.1) is 0 Å². The first kappa shape index (κ1) is 12.5. The molecular weight excluding hydrogens is 218 g/mol. The zero-order chi connectivity index (χ0) is 12.1. The van der Waals surface area contributed by atoms with Crippen molar-refractivity contribution in [2.45, 2.75) is 31.3 Å². The third-order valence-corrected chi connectivity index (χ3v) is 3.02. The van der Waals surface area contributed by atoms with Gasteiger partial charge in [0.05, 0.1) is 25.4 Å². The second-order valence-corrected chi connectivity index (χ2v) is 4.48. The van der Waals surface area contributed by atoms with Crippen molar-refractivity contribution < 1.29 is 14.9 Å². The predicted molar refractivity (Wildman–Crippen MR) is 64.5 cm³/mol. The average molecular weight is 237 g/mol. The lowest BCUT2D eigenvalue weighted by atomic mass is 10.0. The van der Waals surface area contributed by atoms with Gasteiger partial charge in [0.1, 0.15) is 0 Å². The molecule has 1 fully saturated rings. The molecule has 0 bridgehead atoms. The molecule has 94 valence electrons. The summed E-state index contributed by atoms with van der Waals surface area (Å²) in [7, 11) is 0. The van der Waals surface area contributed by atoms with Crippen LogP contribution in [0, 0.1) is 0 Å². The molecule has 0 amide bonds. The number of hydrogen-bond donors (Lipinski definition) is 3. The maximum absolute atomic E-state index is 9.52. The molecule has 0 aliphatic carbocycles. The van der Waals surface area contributed by atoms with Crippen LogP contribution in [0.1, 0.15) is 12.0 Å². The molecule has 0 spiro atoms. The summed E-state index contributed by atoms with van der Waals surface area (Å²) < 4.78 is 5.59. The standard InChI is InChI=1S/C13H19NO3/c15-12-6-11(14-7-13(12)16)9-17-8-10-4-2-1-3-5-10/h1-5,11-16H,6-9H2. The lowest BCUT2D eigenvalue weighted by molar-refractivity contribution is -0.0265.